The van der Waals surface area contributed by atoms with Crippen molar-refractivity contribution < 1.29 is 22.7 Å². The van der Waals surface area contributed by atoms with Gasteiger partial charge in [0, 0.05) is 48.7 Å². The van der Waals surface area contributed by atoms with Gasteiger partial charge in [-0.1, -0.05) is 30.3 Å². The van der Waals surface area contributed by atoms with Crippen LogP contribution < -0.4 is 10.1 Å². The molecular formula is C36H39F3N4O2. The monoisotopic (exact) mass is 616 g/mol. The lowest BCUT2D eigenvalue weighted by molar-refractivity contribution is -0.137. The number of amides is 1. The van der Waals surface area contributed by atoms with Crippen LogP contribution in [-0.2, 0) is 6.18 Å². The highest BCUT2D eigenvalue weighted by Gasteiger charge is 2.33. The summed E-state index contributed by atoms with van der Waals surface area (Å²) in [4.78, 5) is 23.9. The summed E-state index contributed by atoms with van der Waals surface area (Å²) in [6.45, 7) is 8.32. The summed E-state index contributed by atoms with van der Waals surface area (Å²) in [5, 5.41) is 3.12. The minimum Gasteiger partial charge on any atom is -0.469 e. The molecule has 1 N–H and O–H groups in total. The molecule has 1 fully saturated rings. The van der Waals surface area contributed by atoms with Crippen LogP contribution in [0.25, 0.3) is 11.1 Å². The van der Waals surface area contributed by atoms with Crippen LogP contribution >= 0.6 is 0 Å². The second-order valence-corrected chi connectivity index (χ2v) is 11.8. The second-order valence-electron chi connectivity index (χ2n) is 11.8. The van der Waals surface area contributed by atoms with Gasteiger partial charge in [0.25, 0.3) is 5.91 Å². The number of rotatable bonds is 10. The average Bonchev–Trinajstić information content (AvgIpc) is 3.04. The molecule has 1 saturated heterocycles. The predicted octanol–water partition coefficient (Wildman–Crippen LogP) is 7.82. The Hall–Kier alpha value is -4.24. The van der Waals surface area contributed by atoms with Crippen LogP contribution in [0.2, 0.25) is 0 Å². The predicted molar refractivity (Wildman–Crippen MR) is 169 cm³/mol. The SMILES string of the molecule is Cc1cc(-c2ccncc2)cc(C)c1C(=O)NCCC(C)N1CCC(C(Oc2ccccn2)c2ccc(C(F)(F)F)cc2)CC1. The van der Waals surface area contributed by atoms with E-state index in [1.165, 1.54) is 12.1 Å². The van der Waals surface area contributed by atoms with Gasteiger partial charge in [-0.3, -0.25) is 9.78 Å². The highest BCUT2D eigenvalue weighted by molar-refractivity contribution is 5.97. The molecule has 1 aliphatic rings. The molecule has 2 unspecified atom stereocenters. The number of carbonyl (C=O) groups is 1. The molecule has 236 valence electrons. The van der Waals surface area contributed by atoms with E-state index >= 15 is 0 Å². The van der Waals surface area contributed by atoms with Crippen molar-refractivity contribution in [1.82, 2.24) is 20.2 Å². The van der Waals surface area contributed by atoms with Crippen molar-refractivity contribution in [3.05, 3.63) is 113 Å². The fourth-order valence-electron chi connectivity index (χ4n) is 6.21. The maximum Gasteiger partial charge on any atom is 0.416 e. The van der Waals surface area contributed by atoms with Gasteiger partial charge in [0.1, 0.15) is 6.10 Å². The standard InChI is InChI=1S/C36H39F3N4O2/c1-24-22-30(27-12-17-40-18-13-27)23-25(2)33(24)35(44)42-19-11-26(3)43-20-14-29(15-21-43)34(45-32-6-4-5-16-41-32)28-7-9-31(10-8-28)36(37,38)39/h4-10,12-13,16-18,22-23,26,29,34H,11,14-15,19-21H2,1-3H3,(H,42,44). The highest BCUT2D eigenvalue weighted by Crippen LogP contribution is 2.37. The number of carbonyl (C=O) groups excluding carboxylic acids is 1. The Bertz CT molecular complexity index is 1530. The number of likely N-dealkylation sites (tertiary alicyclic amines) is 1. The Labute approximate surface area is 262 Å². The van der Waals surface area contributed by atoms with Gasteiger partial charge in [0.05, 0.1) is 5.56 Å². The number of pyridine rings is 2. The third-order valence-corrected chi connectivity index (χ3v) is 8.70. The molecule has 0 radical (unpaired) electrons. The molecule has 45 heavy (non-hydrogen) atoms. The smallest absolute Gasteiger partial charge is 0.416 e. The van der Waals surface area contributed by atoms with E-state index in [0.717, 1.165) is 66.7 Å². The number of halogens is 3. The van der Waals surface area contributed by atoms with E-state index in [1.54, 1.807) is 30.7 Å². The van der Waals surface area contributed by atoms with Crippen molar-refractivity contribution >= 4 is 5.91 Å². The molecule has 4 aromatic rings. The van der Waals surface area contributed by atoms with Crippen molar-refractivity contribution in [2.45, 2.75) is 58.4 Å². The molecule has 0 saturated carbocycles. The van der Waals surface area contributed by atoms with Crippen molar-refractivity contribution in [2.75, 3.05) is 19.6 Å². The van der Waals surface area contributed by atoms with E-state index in [2.05, 4.69) is 27.1 Å². The van der Waals surface area contributed by atoms with Gasteiger partial charge >= 0.3 is 6.18 Å². The molecule has 5 rings (SSSR count). The van der Waals surface area contributed by atoms with Crippen molar-refractivity contribution in [1.29, 1.82) is 0 Å². The van der Waals surface area contributed by atoms with Gasteiger partial charge < -0.3 is 15.0 Å². The Kier molecular flexibility index (Phi) is 10.2. The zero-order valence-corrected chi connectivity index (χ0v) is 25.8. The fraction of sp³-hybridized carbons (Fsp3) is 0.361. The molecule has 0 aliphatic carbocycles. The van der Waals surface area contributed by atoms with Crippen LogP contribution in [0.3, 0.4) is 0 Å². The van der Waals surface area contributed by atoms with Crippen molar-refractivity contribution in [3.8, 4) is 17.0 Å². The molecule has 2 aromatic carbocycles. The quantitative estimate of drug-likeness (QED) is 0.197. The number of aromatic nitrogens is 2. The van der Waals surface area contributed by atoms with Crippen LogP contribution in [0, 0.1) is 19.8 Å². The van der Waals surface area contributed by atoms with Gasteiger partial charge in [-0.05, 0) is 111 Å². The van der Waals surface area contributed by atoms with E-state index < -0.39 is 17.8 Å². The lowest BCUT2D eigenvalue weighted by Crippen LogP contribution is -2.43. The molecule has 1 aliphatic heterocycles. The molecule has 2 aromatic heterocycles. The van der Waals surface area contributed by atoms with E-state index in [4.69, 9.17) is 4.74 Å². The summed E-state index contributed by atoms with van der Waals surface area (Å²) in [5.74, 6) is 0.502. The number of alkyl halides is 3. The normalized spacial score (nSPS) is 15.8. The molecule has 0 spiro atoms. The second kappa shape index (κ2) is 14.2. The minimum absolute atomic E-state index is 0.0664. The van der Waals surface area contributed by atoms with Crippen molar-refractivity contribution in [3.63, 3.8) is 0 Å². The Morgan fingerprint density at radius 3 is 2.22 bits per heavy atom. The number of hydrogen-bond donors (Lipinski definition) is 1. The Balaban J connectivity index is 1.16. The molecule has 0 bridgehead atoms. The van der Waals surface area contributed by atoms with Crippen LogP contribution in [-0.4, -0.2) is 46.5 Å². The summed E-state index contributed by atoms with van der Waals surface area (Å²) >= 11 is 0. The highest BCUT2D eigenvalue weighted by atomic mass is 19.4. The number of nitrogens with zero attached hydrogens (tertiary/aromatic N) is 3. The first-order valence-corrected chi connectivity index (χ1v) is 15.4. The van der Waals surface area contributed by atoms with Crippen LogP contribution in [0.1, 0.15) is 64.9 Å². The van der Waals surface area contributed by atoms with Gasteiger partial charge in [-0.2, -0.15) is 13.2 Å². The van der Waals surface area contributed by atoms with Gasteiger partial charge in [-0.25, -0.2) is 4.98 Å². The summed E-state index contributed by atoms with van der Waals surface area (Å²) in [7, 11) is 0. The first kappa shape index (κ1) is 32.2. The summed E-state index contributed by atoms with van der Waals surface area (Å²) in [6.07, 6.45) is 2.83. The topological polar surface area (TPSA) is 67.4 Å². The number of benzene rings is 2. The molecule has 1 amide bonds. The lowest BCUT2D eigenvalue weighted by Gasteiger charge is -2.39. The first-order chi connectivity index (χ1) is 21.6. The average molecular weight is 617 g/mol. The number of hydrogen-bond acceptors (Lipinski definition) is 5. The zero-order chi connectivity index (χ0) is 32.0. The van der Waals surface area contributed by atoms with Crippen LogP contribution in [0.5, 0.6) is 5.88 Å². The summed E-state index contributed by atoms with van der Waals surface area (Å²) in [6, 6.07) is 18.9. The maximum atomic E-state index is 13.2. The van der Waals surface area contributed by atoms with E-state index in [1.807, 2.05) is 44.2 Å². The van der Waals surface area contributed by atoms with Gasteiger partial charge in [-0.15, -0.1) is 0 Å². The fourth-order valence-corrected chi connectivity index (χ4v) is 6.21. The van der Waals surface area contributed by atoms with Gasteiger partial charge in [0.2, 0.25) is 5.88 Å². The van der Waals surface area contributed by atoms with Gasteiger partial charge in [0.15, 0.2) is 0 Å². The largest absolute Gasteiger partial charge is 0.469 e. The minimum atomic E-state index is -4.39. The molecule has 6 nitrogen and oxygen atoms in total. The third-order valence-electron chi connectivity index (χ3n) is 8.70. The molecular weight excluding hydrogens is 577 g/mol. The molecule has 3 heterocycles. The number of nitrogens with one attached hydrogen (secondary N) is 1. The van der Waals surface area contributed by atoms with E-state index in [9.17, 15) is 18.0 Å². The Morgan fingerprint density at radius 2 is 1.62 bits per heavy atom. The summed E-state index contributed by atoms with van der Waals surface area (Å²) < 4.78 is 45.9. The number of ether oxygens (including phenoxy) is 1. The maximum absolute atomic E-state index is 13.2. The van der Waals surface area contributed by atoms with Crippen LogP contribution in [0.15, 0.2) is 85.3 Å². The third kappa shape index (κ3) is 8.08. The Morgan fingerprint density at radius 1 is 0.956 bits per heavy atom. The van der Waals surface area contributed by atoms with E-state index in [-0.39, 0.29) is 17.9 Å². The zero-order valence-electron chi connectivity index (χ0n) is 25.8. The van der Waals surface area contributed by atoms with Crippen LogP contribution in [0.4, 0.5) is 13.2 Å². The summed E-state index contributed by atoms with van der Waals surface area (Å²) in [5.41, 5.74) is 4.74. The molecule has 9 heteroatoms. The lowest BCUT2D eigenvalue weighted by atomic mass is 9.86. The first-order valence-electron chi connectivity index (χ1n) is 15.4. The molecule has 2 atom stereocenters. The number of aryl methyl sites for hydroxylation is 2. The van der Waals surface area contributed by atoms with E-state index in [0.29, 0.717) is 23.6 Å². The van der Waals surface area contributed by atoms with Crippen molar-refractivity contribution in [2.24, 2.45) is 5.92 Å². The number of piperidine rings is 1.